The number of hydrogen-bond donors (Lipinski definition) is 1. The number of amides is 1. The summed E-state index contributed by atoms with van der Waals surface area (Å²) in [5, 5.41) is 3.05. The van der Waals surface area contributed by atoms with Crippen LogP contribution >= 0.6 is 0 Å². The minimum atomic E-state index is 0.0423. The second-order valence-corrected chi connectivity index (χ2v) is 7.05. The van der Waals surface area contributed by atoms with E-state index in [9.17, 15) is 4.79 Å². The van der Waals surface area contributed by atoms with Gasteiger partial charge in [0.2, 0.25) is 5.91 Å². The molecule has 0 spiro atoms. The summed E-state index contributed by atoms with van der Waals surface area (Å²) < 4.78 is 11.2. The van der Waals surface area contributed by atoms with Crippen LogP contribution in [0.5, 0.6) is 11.5 Å². The molecule has 0 atom stereocenters. The molecule has 1 amide bonds. The number of piperidine rings is 1. The van der Waals surface area contributed by atoms with Crippen LogP contribution in [0.1, 0.15) is 32.3 Å². The van der Waals surface area contributed by atoms with Crippen LogP contribution in [0, 0.1) is 5.92 Å². The van der Waals surface area contributed by atoms with Gasteiger partial charge in [0, 0.05) is 12.5 Å². The minimum absolute atomic E-state index is 0.0423. The van der Waals surface area contributed by atoms with Crippen molar-refractivity contribution in [3.8, 4) is 11.5 Å². The summed E-state index contributed by atoms with van der Waals surface area (Å²) in [7, 11) is 0. The Balaban J connectivity index is 1.51. The van der Waals surface area contributed by atoms with Crippen LogP contribution < -0.4 is 14.8 Å². The van der Waals surface area contributed by atoms with E-state index in [1.54, 1.807) is 0 Å². The third-order valence-electron chi connectivity index (χ3n) is 5.02. The molecular weight excluding hydrogens is 352 g/mol. The van der Waals surface area contributed by atoms with Crippen molar-refractivity contribution in [2.45, 2.75) is 33.2 Å². The molecule has 1 N–H and O–H groups in total. The predicted octanol–water partition coefficient (Wildman–Crippen LogP) is 4.33. The second-order valence-electron chi connectivity index (χ2n) is 7.05. The molecule has 0 aliphatic carbocycles. The number of hydrogen-bond acceptors (Lipinski definition) is 4. The lowest BCUT2D eigenvalue weighted by Crippen LogP contribution is -2.37. The highest BCUT2D eigenvalue weighted by atomic mass is 16.5. The maximum absolute atomic E-state index is 12.7. The van der Waals surface area contributed by atoms with E-state index in [1.807, 2.05) is 50.2 Å². The van der Waals surface area contributed by atoms with Crippen molar-refractivity contribution in [2.24, 2.45) is 5.92 Å². The maximum atomic E-state index is 12.7. The second kappa shape index (κ2) is 10.1. The molecule has 5 nitrogen and oxygen atoms in total. The Morgan fingerprint density at radius 3 is 2.54 bits per heavy atom. The third kappa shape index (κ3) is 5.49. The number of anilines is 1. The zero-order valence-electron chi connectivity index (χ0n) is 16.8. The van der Waals surface area contributed by atoms with Crippen molar-refractivity contribution in [1.82, 2.24) is 4.90 Å². The van der Waals surface area contributed by atoms with Crippen molar-refractivity contribution in [3.63, 3.8) is 0 Å². The summed E-state index contributed by atoms with van der Waals surface area (Å²) in [5.41, 5.74) is 2.00. The summed E-state index contributed by atoms with van der Waals surface area (Å²) in [4.78, 5) is 15.1. The summed E-state index contributed by atoms with van der Waals surface area (Å²) in [5.74, 6) is 1.78. The first-order valence-corrected chi connectivity index (χ1v) is 10.2. The number of rotatable bonds is 8. The molecule has 1 aliphatic heterocycles. The molecule has 1 saturated heterocycles. The molecular formula is C23H30N2O3. The van der Waals surface area contributed by atoms with E-state index < -0.39 is 0 Å². The molecule has 2 aromatic carbocycles. The fourth-order valence-corrected chi connectivity index (χ4v) is 3.60. The van der Waals surface area contributed by atoms with Crippen LogP contribution in [0.2, 0.25) is 0 Å². The number of nitrogens with one attached hydrogen (secondary N) is 1. The topological polar surface area (TPSA) is 50.8 Å². The number of benzene rings is 2. The van der Waals surface area contributed by atoms with Crippen molar-refractivity contribution >= 4 is 11.6 Å². The van der Waals surface area contributed by atoms with Gasteiger partial charge in [0.15, 0.2) is 0 Å². The number of carbonyl (C=O) groups excluding carboxylic acids is 1. The quantitative estimate of drug-likeness (QED) is 0.738. The third-order valence-corrected chi connectivity index (χ3v) is 5.02. The molecule has 3 rings (SSSR count). The number of carbonyl (C=O) groups is 1. The number of nitrogens with zero attached hydrogens (tertiary/aromatic N) is 1. The standard InChI is InChI=1S/C23H30N2O3/c1-3-27-20-9-7-8-18(16-20)17-25-14-12-19(13-15-25)23(26)24-21-10-5-6-11-22(21)28-4-2/h5-11,16,19H,3-4,12-15,17H2,1-2H3,(H,24,26). The first-order valence-electron chi connectivity index (χ1n) is 10.2. The van der Waals surface area contributed by atoms with Crippen LogP contribution in [-0.4, -0.2) is 37.1 Å². The van der Waals surface area contributed by atoms with Crippen LogP contribution in [0.3, 0.4) is 0 Å². The van der Waals surface area contributed by atoms with E-state index in [0.717, 1.165) is 49.7 Å². The highest BCUT2D eigenvalue weighted by molar-refractivity contribution is 5.94. The van der Waals surface area contributed by atoms with Gasteiger partial charge in [-0.1, -0.05) is 24.3 Å². The Morgan fingerprint density at radius 1 is 1.04 bits per heavy atom. The summed E-state index contributed by atoms with van der Waals surface area (Å²) in [6.07, 6.45) is 1.74. The fourth-order valence-electron chi connectivity index (χ4n) is 3.60. The Labute approximate surface area is 167 Å². The van der Waals surface area contributed by atoms with Gasteiger partial charge in [-0.05, 0) is 69.6 Å². The average Bonchev–Trinajstić information content (AvgIpc) is 2.71. The van der Waals surface area contributed by atoms with Crippen molar-refractivity contribution in [1.29, 1.82) is 0 Å². The summed E-state index contributed by atoms with van der Waals surface area (Å²) >= 11 is 0. The molecule has 2 aromatic rings. The molecule has 1 aliphatic rings. The molecule has 1 heterocycles. The van der Waals surface area contributed by atoms with E-state index in [2.05, 4.69) is 22.3 Å². The van der Waals surface area contributed by atoms with Gasteiger partial charge in [-0.2, -0.15) is 0 Å². The Morgan fingerprint density at radius 2 is 1.79 bits per heavy atom. The predicted molar refractivity (Wildman–Crippen MR) is 112 cm³/mol. The van der Waals surface area contributed by atoms with Crippen LogP contribution in [0.25, 0.3) is 0 Å². The maximum Gasteiger partial charge on any atom is 0.227 e. The lowest BCUT2D eigenvalue weighted by atomic mass is 9.95. The van der Waals surface area contributed by atoms with E-state index in [1.165, 1.54) is 5.56 Å². The van der Waals surface area contributed by atoms with Crippen molar-refractivity contribution in [2.75, 3.05) is 31.6 Å². The zero-order valence-corrected chi connectivity index (χ0v) is 16.8. The first kappa shape index (κ1) is 20.2. The van der Waals surface area contributed by atoms with Gasteiger partial charge in [-0.25, -0.2) is 0 Å². The monoisotopic (exact) mass is 382 g/mol. The van der Waals surface area contributed by atoms with Gasteiger partial charge >= 0.3 is 0 Å². The van der Waals surface area contributed by atoms with Crippen LogP contribution in [0.15, 0.2) is 48.5 Å². The van der Waals surface area contributed by atoms with E-state index in [0.29, 0.717) is 13.2 Å². The average molecular weight is 383 g/mol. The molecule has 150 valence electrons. The molecule has 1 fully saturated rings. The molecule has 0 aromatic heterocycles. The van der Waals surface area contributed by atoms with Crippen molar-refractivity contribution in [3.05, 3.63) is 54.1 Å². The SMILES string of the molecule is CCOc1cccc(CN2CCC(C(=O)Nc3ccccc3OCC)CC2)c1. The van der Waals surface area contributed by atoms with E-state index in [4.69, 9.17) is 9.47 Å². The van der Waals surface area contributed by atoms with E-state index >= 15 is 0 Å². The van der Waals surface area contributed by atoms with Gasteiger partial charge in [-0.3, -0.25) is 9.69 Å². The molecule has 28 heavy (non-hydrogen) atoms. The number of para-hydroxylation sites is 2. The highest BCUT2D eigenvalue weighted by Gasteiger charge is 2.25. The minimum Gasteiger partial charge on any atom is -0.494 e. The molecule has 0 saturated carbocycles. The van der Waals surface area contributed by atoms with Crippen LogP contribution in [0.4, 0.5) is 5.69 Å². The fraction of sp³-hybridized carbons (Fsp3) is 0.435. The zero-order chi connectivity index (χ0) is 19.8. The molecule has 0 bridgehead atoms. The highest BCUT2D eigenvalue weighted by Crippen LogP contribution is 2.26. The lowest BCUT2D eigenvalue weighted by Gasteiger charge is -2.31. The largest absolute Gasteiger partial charge is 0.494 e. The summed E-state index contributed by atoms with van der Waals surface area (Å²) in [6.45, 7) is 7.93. The van der Waals surface area contributed by atoms with Gasteiger partial charge in [0.1, 0.15) is 11.5 Å². The Kier molecular flexibility index (Phi) is 7.31. The van der Waals surface area contributed by atoms with Gasteiger partial charge in [-0.15, -0.1) is 0 Å². The number of ether oxygens (including phenoxy) is 2. The van der Waals surface area contributed by atoms with Gasteiger partial charge in [0.25, 0.3) is 0 Å². The lowest BCUT2D eigenvalue weighted by molar-refractivity contribution is -0.121. The molecule has 5 heteroatoms. The Bertz CT molecular complexity index is 770. The molecule has 0 unspecified atom stereocenters. The van der Waals surface area contributed by atoms with E-state index in [-0.39, 0.29) is 11.8 Å². The van der Waals surface area contributed by atoms with Gasteiger partial charge < -0.3 is 14.8 Å². The van der Waals surface area contributed by atoms with Gasteiger partial charge in [0.05, 0.1) is 18.9 Å². The van der Waals surface area contributed by atoms with Crippen LogP contribution in [-0.2, 0) is 11.3 Å². The summed E-state index contributed by atoms with van der Waals surface area (Å²) in [6, 6.07) is 15.9. The van der Waals surface area contributed by atoms with Crippen molar-refractivity contribution < 1.29 is 14.3 Å². The first-order chi connectivity index (χ1) is 13.7. The Hall–Kier alpha value is -2.53. The normalized spacial score (nSPS) is 15.2. The smallest absolute Gasteiger partial charge is 0.227 e. The molecule has 0 radical (unpaired) electrons. The number of likely N-dealkylation sites (tertiary alicyclic amines) is 1.